The highest BCUT2D eigenvalue weighted by molar-refractivity contribution is 7.84. The van der Waals surface area contributed by atoms with Gasteiger partial charge in [0.15, 0.2) is 0 Å². The molecule has 0 spiro atoms. The predicted molar refractivity (Wildman–Crippen MR) is 80.9 cm³/mol. The normalized spacial score (nSPS) is 12.4. The standard InChI is InChI=1S/C14H12Cl2FNOS/c15-12-4-3-11(6-13(12)16)20(19)8-10-2-1-9(7-18)5-14(10)17/h1-6H,7-8,18H2. The van der Waals surface area contributed by atoms with Gasteiger partial charge in [-0.3, -0.25) is 4.21 Å². The second kappa shape index (κ2) is 6.68. The van der Waals surface area contributed by atoms with E-state index in [1.54, 1.807) is 24.3 Å². The Morgan fingerprint density at radius 1 is 1.10 bits per heavy atom. The van der Waals surface area contributed by atoms with Gasteiger partial charge in [-0.25, -0.2) is 4.39 Å². The minimum absolute atomic E-state index is 0.0780. The third kappa shape index (κ3) is 3.58. The number of hydrogen-bond acceptors (Lipinski definition) is 2. The first-order valence-electron chi connectivity index (χ1n) is 5.82. The van der Waals surface area contributed by atoms with Crippen LogP contribution in [0.2, 0.25) is 10.0 Å². The van der Waals surface area contributed by atoms with Crippen molar-refractivity contribution in [3.05, 3.63) is 63.4 Å². The van der Waals surface area contributed by atoms with Crippen molar-refractivity contribution < 1.29 is 8.60 Å². The maximum atomic E-state index is 13.8. The fraction of sp³-hybridized carbons (Fsp3) is 0.143. The molecule has 2 nitrogen and oxygen atoms in total. The summed E-state index contributed by atoms with van der Waals surface area (Å²) in [5.41, 5.74) is 6.52. The van der Waals surface area contributed by atoms with Crippen LogP contribution in [0.15, 0.2) is 41.3 Å². The summed E-state index contributed by atoms with van der Waals surface area (Å²) < 4.78 is 26.0. The Kier molecular flexibility index (Phi) is 5.16. The average Bonchev–Trinajstić information content (AvgIpc) is 2.43. The van der Waals surface area contributed by atoms with Crippen LogP contribution in [-0.2, 0) is 23.1 Å². The molecule has 0 bridgehead atoms. The van der Waals surface area contributed by atoms with Crippen molar-refractivity contribution in [2.24, 2.45) is 5.73 Å². The van der Waals surface area contributed by atoms with Crippen LogP contribution in [0.25, 0.3) is 0 Å². The molecule has 0 aromatic heterocycles. The van der Waals surface area contributed by atoms with Crippen LogP contribution < -0.4 is 5.73 Å². The lowest BCUT2D eigenvalue weighted by atomic mass is 10.1. The number of nitrogens with two attached hydrogens (primary N) is 1. The van der Waals surface area contributed by atoms with E-state index < -0.39 is 16.6 Å². The van der Waals surface area contributed by atoms with Crippen LogP contribution in [0, 0.1) is 5.82 Å². The molecule has 1 unspecified atom stereocenters. The third-order valence-electron chi connectivity index (χ3n) is 2.79. The molecule has 0 saturated carbocycles. The van der Waals surface area contributed by atoms with Gasteiger partial charge >= 0.3 is 0 Å². The molecule has 0 aliphatic rings. The fourth-order valence-corrected chi connectivity index (χ4v) is 3.19. The lowest BCUT2D eigenvalue weighted by Gasteiger charge is -2.06. The van der Waals surface area contributed by atoms with E-state index in [2.05, 4.69) is 0 Å². The Morgan fingerprint density at radius 3 is 2.45 bits per heavy atom. The van der Waals surface area contributed by atoms with E-state index in [1.807, 2.05) is 0 Å². The van der Waals surface area contributed by atoms with Crippen molar-refractivity contribution in [3.8, 4) is 0 Å². The molecule has 1 atom stereocenters. The number of hydrogen-bond donors (Lipinski definition) is 1. The maximum Gasteiger partial charge on any atom is 0.127 e. The van der Waals surface area contributed by atoms with Gasteiger partial charge in [0.1, 0.15) is 5.82 Å². The molecule has 0 saturated heterocycles. The zero-order valence-electron chi connectivity index (χ0n) is 10.4. The fourth-order valence-electron chi connectivity index (χ4n) is 1.68. The molecule has 2 aromatic rings. The molecular formula is C14H12Cl2FNOS. The number of rotatable bonds is 4. The molecule has 2 rings (SSSR count). The first kappa shape index (κ1) is 15.4. The van der Waals surface area contributed by atoms with Crippen LogP contribution >= 0.6 is 23.2 Å². The molecule has 0 amide bonds. The molecule has 20 heavy (non-hydrogen) atoms. The summed E-state index contributed by atoms with van der Waals surface area (Å²) in [7, 11) is -1.39. The van der Waals surface area contributed by atoms with Gasteiger partial charge < -0.3 is 5.73 Å². The molecule has 0 fully saturated rings. The molecular weight excluding hydrogens is 320 g/mol. The van der Waals surface area contributed by atoms with Gasteiger partial charge in [-0.05, 0) is 29.8 Å². The van der Waals surface area contributed by atoms with Crippen LogP contribution in [-0.4, -0.2) is 4.21 Å². The Bertz CT molecular complexity index is 664. The first-order valence-corrected chi connectivity index (χ1v) is 7.89. The van der Waals surface area contributed by atoms with E-state index in [0.717, 1.165) is 0 Å². The van der Waals surface area contributed by atoms with E-state index in [-0.39, 0.29) is 12.3 Å². The SMILES string of the molecule is NCc1ccc(CS(=O)c2ccc(Cl)c(Cl)c2)c(F)c1. The maximum absolute atomic E-state index is 13.8. The summed E-state index contributed by atoms with van der Waals surface area (Å²) in [6.45, 7) is 0.271. The summed E-state index contributed by atoms with van der Waals surface area (Å²) in [4.78, 5) is 0.515. The second-order valence-corrected chi connectivity index (χ2v) is 6.46. The number of benzene rings is 2. The third-order valence-corrected chi connectivity index (χ3v) is 4.89. The highest BCUT2D eigenvalue weighted by Crippen LogP contribution is 2.25. The van der Waals surface area contributed by atoms with Crippen LogP contribution in [0.5, 0.6) is 0 Å². The highest BCUT2D eigenvalue weighted by atomic mass is 35.5. The Hall–Kier alpha value is -0.940. The molecule has 0 aliphatic carbocycles. The molecule has 6 heteroatoms. The topological polar surface area (TPSA) is 43.1 Å². The van der Waals surface area contributed by atoms with Crippen LogP contribution in [0.3, 0.4) is 0 Å². The van der Waals surface area contributed by atoms with Gasteiger partial charge in [0.2, 0.25) is 0 Å². The Morgan fingerprint density at radius 2 is 1.85 bits per heavy atom. The molecule has 2 N–H and O–H groups in total. The molecule has 2 aromatic carbocycles. The van der Waals surface area contributed by atoms with E-state index >= 15 is 0 Å². The van der Waals surface area contributed by atoms with Gasteiger partial charge in [0.25, 0.3) is 0 Å². The molecule has 0 aliphatic heterocycles. The van der Waals surface area contributed by atoms with Crippen molar-refractivity contribution in [1.29, 1.82) is 0 Å². The van der Waals surface area contributed by atoms with E-state index in [1.165, 1.54) is 12.1 Å². The average molecular weight is 332 g/mol. The minimum Gasteiger partial charge on any atom is -0.326 e. The molecule has 106 valence electrons. The van der Waals surface area contributed by atoms with Crippen LogP contribution in [0.1, 0.15) is 11.1 Å². The Labute approximate surface area is 129 Å². The van der Waals surface area contributed by atoms with Crippen LogP contribution in [0.4, 0.5) is 4.39 Å². The summed E-state index contributed by atoms with van der Waals surface area (Å²) in [6, 6.07) is 9.42. The molecule has 0 radical (unpaired) electrons. The largest absolute Gasteiger partial charge is 0.326 e. The van der Waals surface area contributed by atoms with Crippen molar-refractivity contribution in [2.45, 2.75) is 17.2 Å². The van der Waals surface area contributed by atoms with E-state index in [4.69, 9.17) is 28.9 Å². The van der Waals surface area contributed by atoms with Gasteiger partial charge in [-0.1, -0.05) is 35.3 Å². The van der Waals surface area contributed by atoms with Gasteiger partial charge in [-0.2, -0.15) is 0 Å². The summed E-state index contributed by atoms with van der Waals surface area (Å²) in [5.74, 6) is -0.323. The van der Waals surface area contributed by atoms with Gasteiger partial charge in [0, 0.05) is 17.0 Å². The van der Waals surface area contributed by atoms with Crippen molar-refractivity contribution in [1.82, 2.24) is 0 Å². The van der Waals surface area contributed by atoms with E-state index in [0.29, 0.717) is 26.1 Å². The van der Waals surface area contributed by atoms with Crippen molar-refractivity contribution in [2.75, 3.05) is 0 Å². The smallest absolute Gasteiger partial charge is 0.127 e. The lowest BCUT2D eigenvalue weighted by Crippen LogP contribution is -2.02. The van der Waals surface area contributed by atoms with Gasteiger partial charge in [0.05, 0.1) is 26.6 Å². The lowest BCUT2D eigenvalue weighted by molar-refractivity contribution is 0.613. The van der Waals surface area contributed by atoms with Crippen molar-refractivity contribution >= 4 is 34.0 Å². The minimum atomic E-state index is -1.39. The zero-order valence-corrected chi connectivity index (χ0v) is 12.7. The highest BCUT2D eigenvalue weighted by Gasteiger charge is 2.11. The predicted octanol–water partition coefficient (Wildman–Crippen LogP) is 3.90. The second-order valence-electron chi connectivity index (χ2n) is 4.20. The quantitative estimate of drug-likeness (QED) is 0.923. The molecule has 0 heterocycles. The summed E-state index contributed by atoms with van der Waals surface area (Å²) in [6.07, 6.45) is 0. The first-order chi connectivity index (χ1) is 9.51. The van der Waals surface area contributed by atoms with Crippen molar-refractivity contribution in [3.63, 3.8) is 0 Å². The summed E-state index contributed by atoms with van der Waals surface area (Å²) in [5, 5.41) is 0.724. The van der Waals surface area contributed by atoms with Gasteiger partial charge in [-0.15, -0.1) is 0 Å². The number of halogens is 3. The van der Waals surface area contributed by atoms with E-state index in [9.17, 15) is 8.60 Å². The Balaban J connectivity index is 2.21. The summed E-state index contributed by atoms with van der Waals surface area (Å²) >= 11 is 11.7. The zero-order chi connectivity index (χ0) is 14.7. The monoisotopic (exact) mass is 331 g/mol.